The number of pyridine rings is 1. The molecule has 1 aromatic heterocycles. The molecule has 5 rings (SSSR count). The van der Waals surface area contributed by atoms with Gasteiger partial charge in [0.25, 0.3) is 5.79 Å². The van der Waals surface area contributed by atoms with E-state index in [9.17, 15) is 4.79 Å². The molecule has 0 unspecified atom stereocenters. The van der Waals surface area contributed by atoms with E-state index in [2.05, 4.69) is 11.1 Å². The standard InChI is InChI=1S/C24H27ClN2O4/c1-23(2,3)31-22(28)27-11-10-15(17-12-18(17)27)16-6-5-7-19-21(16)30-24(4,29-19)20-9-8-14(25)13-26-20/h5-9,13,15,17-18H,10-12H2,1-4H3/t15-,17+,18+,24-/m0/s1. The highest BCUT2D eigenvalue weighted by atomic mass is 35.5. The number of aromatic nitrogens is 1. The van der Waals surface area contributed by atoms with Gasteiger partial charge in [-0.15, -0.1) is 0 Å². The average molecular weight is 443 g/mol. The first-order valence-corrected chi connectivity index (χ1v) is 11.1. The molecule has 6 nitrogen and oxygen atoms in total. The Morgan fingerprint density at radius 3 is 2.77 bits per heavy atom. The normalized spacial score (nSPS) is 28.8. The van der Waals surface area contributed by atoms with Gasteiger partial charge < -0.3 is 19.1 Å². The third-order valence-electron chi connectivity index (χ3n) is 6.23. The maximum absolute atomic E-state index is 12.6. The number of fused-ring (bicyclic) bond motifs is 2. The molecule has 3 heterocycles. The molecule has 1 aliphatic carbocycles. The second-order valence-electron chi connectivity index (χ2n) is 9.72. The highest BCUT2D eigenvalue weighted by Crippen LogP contribution is 2.56. The Hall–Kier alpha value is -2.47. The van der Waals surface area contributed by atoms with E-state index in [1.54, 1.807) is 12.3 Å². The average Bonchev–Trinajstić information content (AvgIpc) is 3.41. The molecule has 0 spiro atoms. The molecule has 1 saturated heterocycles. The quantitative estimate of drug-likeness (QED) is 0.615. The van der Waals surface area contributed by atoms with Crippen LogP contribution in [0.25, 0.3) is 0 Å². The van der Waals surface area contributed by atoms with Crippen LogP contribution in [0.3, 0.4) is 0 Å². The topological polar surface area (TPSA) is 60.9 Å². The Labute approximate surface area is 187 Å². The third kappa shape index (κ3) is 3.71. The van der Waals surface area contributed by atoms with Crippen molar-refractivity contribution in [3.05, 3.63) is 52.8 Å². The van der Waals surface area contributed by atoms with Gasteiger partial charge in [0.1, 0.15) is 11.3 Å². The van der Waals surface area contributed by atoms with Crippen LogP contribution < -0.4 is 9.47 Å². The molecule has 2 fully saturated rings. The van der Waals surface area contributed by atoms with E-state index in [1.807, 2.05) is 50.8 Å². The zero-order valence-corrected chi connectivity index (χ0v) is 19.0. The first-order chi connectivity index (χ1) is 14.6. The Morgan fingerprint density at radius 2 is 2.06 bits per heavy atom. The molecule has 164 valence electrons. The van der Waals surface area contributed by atoms with Crippen molar-refractivity contribution >= 4 is 17.7 Å². The van der Waals surface area contributed by atoms with Gasteiger partial charge in [0.05, 0.1) is 5.02 Å². The molecular weight excluding hydrogens is 416 g/mol. The van der Waals surface area contributed by atoms with Gasteiger partial charge in [-0.25, -0.2) is 4.79 Å². The minimum Gasteiger partial charge on any atom is -0.444 e. The Kier molecular flexibility index (Phi) is 4.63. The van der Waals surface area contributed by atoms with E-state index in [1.165, 1.54) is 0 Å². The van der Waals surface area contributed by atoms with Crippen LogP contribution in [-0.4, -0.2) is 34.2 Å². The summed E-state index contributed by atoms with van der Waals surface area (Å²) in [6.07, 6.45) is 3.25. The van der Waals surface area contributed by atoms with Crippen LogP contribution >= 0.6 is 11.6 Å². The highest BCUT2D eigenvalue weighted by Gasteiger charge is 2.54. The number of carbonyl (C=O) groups excluding carboxylic acids is 1. The number of hydrogen-bond donors (Lipinski definition) is 0. The molecule has 2 aromatic rings. The van der Waals surface area contributed by atoms with E-state index >= 15 is 0 Å². The number of ether oxygens (including phenoxy) is 3. The van der Waals surface area contributed by atoms with E-state index in [4.69, 9.17) is 25.8 Å². The van der Waals surface area contributed by atoms with Gasteiger partial charge in [0, 0.05) is 31.3 Å². The summed E-state index contributed by atoms with van der Waals surface area (Å²) in [5, 5.41) is 0.570. The molecule has 0 N–H and O–H groups in total. The zero-order chi connectivity index (χ0) is 22.0. The van der Waals surface area contributed by atoms with Crippen molar-refractivity contribution in [3.63, 3.8) is 0 Å². The van der Waals surface area contributed by atoms with Gasteiger partial charge in [-0.05, 0) is 63.6 Å². The minimum atomic E-state index is -0.997. The zero-order valence-electron chi connectivity index (χ0n) is 18.2. The van der Waals surface area contributed by atoms with Gasteiger partial charge >= 0.3 is 6.09 Å². The lowest BCUT2D eigenvalue weighted by Crippen LogP contribution is -2.42. The number of halogens is 1. The predicted molar refractivity (Wildman–Crippen MR) is 116 cm³/mol. The minimum absolute atomic E-state index is 0.210. The monoisotopic (exact) mass is 442 g/mol. The Bertz CT molecular complexity index is 1020. The number of carbonyl (C=O) groups is 1. The van der Waals surface area contributed by atoms with Crippen LogP contribution in [0.15, 0.2) is 36.5 Å². The van der Waals surface area contributed by atoms with Crippen LogP contribution in [0.2, 0.25) is 5.02 Å². The lowest BCUT2D eigenvalue weighted by Gasteiger charge is -2.33. The molecule has 1 aromatic carbocycles. The Morgan fingerprint density at radius 1 is 1.26 bits per heavy atom. The number of likely N-dealkylation sites (tertiary alicyclic amines) is 1. The fraction of sp³-hybridized carbons (Fsp3) is 0.500. The molecule has 2 aliphatic heterocycles. The largest absolute Gasteiger partial charge is 0.444 e. The predicted octanol–water partition coefficient (Wildman–Crippen LogP) is 5.49. The van der Waals surface area contributed by atoms with Crippen LogP contribution in [0, 0.1) is 5.92 Å². The van der Waals surface area contributed by atoms with E-state index in [0.717, 1.165) is 29.9 Å². The van der Waals surface area contributed by atoms with Crippen LogP contribution in [0.4, 0.5) is 4.79 Å². The summed E-state index contributed by atoms with van der Waals surface area (Å²) in [6.45, 7) is 8.26. The van der Waals surface area contributed by atoms with Gasteiger partial charge in [-0.2, -0.15) is 0 Å². The Balaban J connectivity index is 1.36. The SMILES string of the molecule is CC(C)(C)OC(=O)N1CC[C@@H](c2cccc3c2O[C@@](C)(c2ccc(Cl)cn2)O3)[C@H]2C[C@H]21. The summed E-state index contributed by atoms with van der Waals surface area (Å²) in [7, 11) is 0. The molecule has 31 heavy (non-hydrogen) atoms. The lowest BCUT2D eigenvalue weighted by atomic mass is 9.87. The first kappa shape index (κ1) is 20.4. The second kappa shape index (κ2) is 7.02. The van der Waals surface area contributed by atoms with Crippen molar-refractivity contribution in [2.45, 2.75) is 63.9 Å². The summed E-state index contributed by atoms with van der Waals surface area (Å²) in [4.78, 5) is 18.9. The van der Waals surface area contributed by atoms with Crippen LogP contribution in [0.5, 0.6) is 11.5 Å². The molecule has 4 atom stereocenters. The molecule has 1 saturated carbocycles. The molecular formula is C24H27ClN2O4. The number of amides is 1. The fourth-order valence-corrected chi connectivity index (χ4v) is 4.88. The lowest BCUT2D eigenvalue weighted by molar-refractivity contribution is -0.0722. The number of hydrogen-bond acceptors (Lipinski definition) is 5. The van der Waals surface area contributed by atoms with Gasteiger partial charge in [-0.3, -0.25) is 4.98 Å². The third-order valence-corrected chi connectivity index (χ3v) is 6.46. The number of para-hydroxylation sites is 1. The summed E-state index contributed by atoms with van der Waals surface area (Å²) in [5.41, 5.74) is 1.33. The number of piperidine rings is 1. The van der Waals surface area contributed by atoms with E-state index < -0.39 is 11.4 Å². The second-order valence-corrected chi connectivity index (χ2v) is 10.2. The van der Waals surface area contributed by atoms with Gasteiger partial charge in [-0.1, -0.05) is 23.7 Å². The maximum atomic E-state index is 12.6. The van der Waals surface area contributed by atoms with Crippen molar-refractivity contribution < 1.29 is 19.0 Å². The van der Waals surface area contributed by atoms with Crippen LogP contribution in [-0.2, 0) is 10.5 Å². The van der Waals surface area contributed by atoms with Gasteiger partial charge in [0.2, 0.25) is 0 Å². The van der Waals surface area contributed by atoms with Crippen molar-refractivity contribution in [2.75, 3.05) is 6.54 Å². The van der Waals surface area contributed by atoms with Crippen LogP contribution in [0.1, 0.15) is 57.7 Å². The van der Waals surface area contributed by atoms with Crippen molar-refractivity contribution in [1.82, 2.24) is 9.88 Å². The highest BCUT2D eigenvalue weighted by molar-refractivity contribution is 6.30. The molecule has 7 heteroatoms. The summed E-state index contributed by atoms with van der Waals surface area (Å²) in [6, 6.07) is 9.90. The van der Waals surface area contributed by atoms with E-state index in [0.29, 0.717) is 29.1 Å². The van der Waals surface area contributed by atoms with Crippen molar-refractivity contribution in [3.8, 4) is 11.5 Å². The molecule has 0 bridgehead atoms. The fourth-order valence-electron chi connectivity index (χ4n) is 4.77. The van der Waals surface area contributed by atoms with E-state index in [-0.39, 0.29) is 12.1 Å². The van der Waals surface area contributed by atoms with Gasteiger partial charge in [0.15, 0.2) is 11.5 Å². The molecule has 0 radical (unpaired) electrons. The number of rotatable bonds is 2. The maximum Gasteiger partial charge on any atom is 0.410 e. The molecule has 1 amide bonds. The molecule has 3 aliphatic rings. The smallest absolute Gasteiger partial charge is 0.410 e. The first-order valence-electron chi connectivity index (χ1n) is 10.8. The summed E-state index contributed by atoms with van der Waals surface area (Å²) >= 11 is 5.99. The van der Waals surface area contributed by atoms with Crippen molar-refractivity contribution in [2.24, 2.45) is 5.92 Å². The summed E-state index contributed by atoms with van der Waals surface area (Å²) < 4.78 is 18.2. The van der Waals surface area contributed by atoms with Crippen molar-refractivity contribution in [1.29, 1.82) is 0 Å². The number of nitrogens with zero attached hydrogens (tertiary/aromatic N) is 2. The number of benzene rings is 1. The summed E-state index contributed by atoms with van der Waals surface area (Å²) in [5.74, 6) is 1.25.